The van der Waals surface area contributed by atoms with E-state index in [1.165, 1.54) is 17.4 Å². The molecule has 0 spiro atoms. The van der Waals surface area contributed by atoms with Crippen molar-refractivity contribution in [2.75, 3.05) is 6.61 Å². The monoisotopic (exact) mass is 271 g/mol. The molecule has 18 heavy (non-hydrogen) atoms. The maximum atomic E-state index is 13.3. The summed E-state index contributed by atoms with van der Waals surface area (Å²) in [7, 11) is 0. The SMILES string of the molecule is OCCc1csc(COc2ccc(F)cc2F)n1. The Balaban J connectivity index is 1.97. The molecule has 2 rings (SSSR count). The molecule has 0 unspecified atom stereocenters. The number of hydrogen-bond donors (Lipinski definition) is 1. The predicted octanol–water partition coefficient (Wildman–Crippen LogP) is 2.54. The largest absolute Gasteiger partial charge is 0.483 e. The van der Waals surface area contributed by atoms with Crippen LogP contribution in [0.15, 0.2) is 23.6 Å². The Morgan fingerprint density at radius 2 is 2.17 bits per heavy atom. The van der Waals surface area contributed by atoms with Crippen molar-refractivity contribution in [2.24, 2.45) is 0 Å². The molecule has 0 fully saturated rings. The number of halogens is 2. The quantitative estimate of drug-likeness (QED) is 0.908. The molecule has 1 aromatic heterocycles. The van der Waals surface area contributed by atoms with Crippen molar-refractivity contribution in [3.8, 4) is 5.75 Å². The van der Waals surface area contributed by atoms with E-state index in [9.17, 15) is 8.78 Å². The topological polar surface area (TPSA) is 42.4 Å². The zero-order valence-corrected chi connectivity index (χ0v) is 10.2. The van der Waals surface area contributed by atoms with Gasteiger partial charge in [-0.1, -0.05) is 0 Å². The lowest BCUT2D eigenvalue weighted by atomic mass is 10.3. The summed E-state index contributed by atoms with van der Waals surface area (Å²) in [6.07, 6.45) is 0.488. The molecule has 0 amide bonds. The van der Waals surface area contributed by atoms with Crippen molar-refractivity contribution in [3.63, 3.8) is 0 Å². The minimum Gasteiger partial charge on any atom is -0.483 e. The van der Waals surface area contributed by atoms with E-state index in [0.717, 1.165) is 17.8 Å². The number of aromatic nitrogens is 1. The van der Waals surface area contributed by atoms with Gasteiger partial charge in [0.25, 0.3) is 0 Å². The highest BCUT2D eigenvalue weighted by molar-refractivity contribution is 7.09. The van der Waals surface area contributed by atoms with Gasteiger partial charge in [0.05, 0.1) is 5.69 Å². The summed E-state index contributed by atoms with van der Waals surface area (Å²) in [6, 6.07) is 3.15. The summed E-state index contributed by atoms with van der Waals surface area (Å²) < 4.78 is 31.1. The van der Waals surface area contributed by atoms with Gasteiger partial charge in [0.2, 0.25) is 0 Å². The standard InChI is InChI=1S/C12H11F2NO2S/c13-8-1-2-11(10(14)5-8)17-6-12-15-9(3-4-16)7-18-12/h1-2,5,7,16H,3-4,6H2. The molecule has 0 bridgehead atoms. The van der Waals surface area contributed by atoms with E-state index >= 15 is 0 Å². The van der Waals surface area contributed by atoms with Gasteiger partial charge < -0.3 is 9.84 Å². The fourth-order valence-corrected chi connectivity index (χ4v) is 2.12. The molecule has 0 saturated heterocycles. The van der Waals surface area contributed by atoms with Gasteiger partial charge in [-0.2, -0.15) is 0 Å². The van der Waals surface area contributed by atoms with Crippen LogP contribution in [-0.4, -0.2) is 16.7 Å². The van der Waals surface area contributed by atoms with Crippen LogP contribution in [0, 0.1) is 11.6 Å². The van der Waals surface area contributed by atoms with Crippen molar-refractivity contribution in [1.29, 1.82) is 0 Å². The number of rotatable bonds is 5. The normalized spacial score (nSPS) is 10.6. The van der Waals surface area contributed by atoms with Gasteiger partial charge in [0.15, 0.2) is 11.6 Å². The zero-order chi connectivity index (χ0) is 13.0. The van der Waals surface area contributed by atoms with Gasteiger partial charge in [-0.05, 0) is 12.1 Å². The number of aliphatic hydroxyl groups excluding tert-OH is 1. The maximum Gasteiger partial charge on any atom is 0.167 e. The molecule has 2 aromatic rings. The summed E-state index contributed by atoms with van der Waals surface area (Å²) in [4.78, 5) is 4.20. The molecule has 1 heterocycles. The Labute approximate surface area is 107 Å². The van der Waals surface area contributed by atoms with E-state index in [0.29, 0.717) is 11.4 Å². The number of benzene rings is 1. The molecule has 1 N–H and O–H groups in total. The summed E-state index contributed by atoms with van der Waals surface area (Å²) in [6.45, 7) is 0.162. The van der Waals surface area contributed by atoms with E-state index in [4.69, 9.17) is 9.84 Å². The average molecular weight is 271 g/mol. The Kier molecular flexibility index (Phi) is 4.22. The van der Waals surface area contributed by atoms with Crippen molar-refractivity contribution in [3.05, 3.63) is 45.9 Å². The Bertz CT molecular complexity index is 531. The third-order valence-corrected chi connectivity index (χ3v) is 3.08. The lowest BCUT2D eigenvalue weighted by Crippen LogP contribution is -1.98. The van der Waals surface area contributed by atoms with E-state index in [-0.39, 0.29) is 19.0 Å². The third kappa shape index (κ3) is 3.24. The second-order valence-corrected chi connectivity index (χ2v) is 4.51. The highest BCUT2D eigenvalue weighted by atomic mass is 32.1. The van der Waals surface area contributed by atoms with E-state index in [1.54, 1.807) is 0 Å². The first-order valence-electron chi connectivity index (χ1n) is 5.31. The van der Waals surface area contributed by atoms with Crippen LogP contribution in [0.4, 0.5) is 8.78 Å². The fourth-order valence-electron chi connectivity index (χ4n) is 1.38. The van der Waals surface area contributed by atoms with Crippen LogP contribution >= 0.6 is 11.3 Å². The van der Waals surface area contributed by atoms with Crippen molar-refractivity contribution in [2.45, 2.75) is 13.0 Å². The van der Waals surface area contributed by atoms with Crippen molar-refractivity contribution >= 4 is 11.3 Å². The van der Waals surface area contributed by atoms with Crippen LogP contribution in [-0.2, 0) is 13.0 Å². The van der Waals surface area contributed by atoms with E-state index in [2.05, 4.69) is 4.98 Å². The fraction of sp³-hybridized carbons (Fsp3) is 0.250. The summed E-state index contributed by atoms with van der Waals surface area (Å²) in [5.41, 5.74) is 0.778. The van der Waals surface area contributed by atoms with Gasteiger partial charge in [0, 0.05) is 24.5 Å². The molecule has 1 aromatic carbocycles. The lowest BCUT2D eigenvalue weighted by molar-refractivity contribution is 0.286. The van der Waals surface area contributed by atoms with E-state index < -0.39 is 11.6 Å². The maximum absolute atomic E-state index is 13.3. The molecule has 0 aliphatic heterocycles. The molecule has 6 heteroatoms. The van der Waals surface area contributed by atoms with Gasteiger partial charge in [-0.25, -0.2) is 13.8 Å². The molecule has 0 saturated carbocycles. The highest BCUT2D eigenvalue weighted by Crippen LogP contribution is 2.20. The predicted molar refractivity (Wildman–Crippen MR) is 63.6 cm³/mol. The second-order valence-electron chi connectivity index (χ2n) is 3.57. The van der Waals surface area contributed by atoms with Crippen LogP contribution in [0.3, 0.4) is 0 Å². The first-order chi connectivity index (χ1) is 8.69. The van der Waals surface area contributed by atoms with Gasteiger partial charge in [-0.15, -0.1) is 11.3 Å². The molecule has 0 aliphatic rings. The Hall–Kier alpha value is -1.53. The van der Waals surface area contributed by atoms with Gasteiger partial charge >= 0.3 is 0 Å². The van der Waals surface area contributed by atoms with Crippen molar-refractivity contribution < 1.29 is 18.6 Å². The van der Waals surface area contributed by atoms with E-state index in [1.807, 2.05) is 5.38 Å². The summed E-state index contributed by atoms with van der Waals surface area (Å²) in [5.74, 6) is -1.38. The van der Waals surface area contributed by atoms with Gasteiger partial charge in [-0.3, -0.25) is 0 Å². The average Bonchev–Trinajstić information content (AvgIpc) is 2.76. The first kappa shape index (κ1) is 12.9. The molecular formula is C12H11F2NO2S. The molecule has 0 radical (unpaired) electrons. The summed E-state index contributed by atoms with van der Waals surface area (Å²) in [5, 5.41) is 11.2. The molecular weight excluding hydrogens is 260 g/mol. The van der Waals surface area contributed by atoms with Crippen molar-refractivity contribution in [1.82, 2.24) is 4.98 Å². The zero-order valence-electron chi connectivity index (χ0n) is 9.40. The van der Waals surface area contributed by atoms with Crippen LogP contribution in [0.25, 0.3) is 0 Å². The smallest absolute Gasteiger partial charge is 0.167 e. The van der Waals surface area contributed by atoms with Crippen LogP contribution in [0.1, 0.15) is 10.7 Å². The van der Waals surface area contributed by atoms with Crippen LogP contribution in [0.5, 0.6) is 5.75 Å². The van der Waals surface area contributed by atoms with Crippen LogP contribution < -0.4 is 4.74 Å². The highest BCUT2D eigenvalue weighted by Gasteiger charge is 2.07. The van der Waals surface area contributed by atoms with Crippen LogP contribution in [0.2, 0.25) is 0 Å². The molecule has 3 nitrogen and oxygen atoms in total. The molecule has 96 valence electrons. The minimum atomic E-state index is -0.734. The number of thiazole rings is 1. The number of aliphatic hydroxyl groups is 1. The first-order valence-corrected chi connectivity index (χ1v) is 6.19. The lowest BCUT2D eigenvalue weighted by Gasteiger charge is -2.04. The second kappa shape index (κ2) is 5.88. The Morgan fingerprint density at radius 3 is 2.89 bits per heavy atom. The third-order valence-electron chi connectivity index (χ3n) is 2.21. The number of nitrogens with zero attached hydrogens (tertiary/aromatic N) is 1. The summed E-state index contributed by atoms with van der Waals surface area (Å²) >= 11 is 1.37. The Morgan fingerprint density at radius 1 is 1.33 bits per heavy atom. The van der Waals surface area contributed by atoms with Gasteiger partial charge in [0.1, 0.15) is 17.4 Å². The minimum absolute atomic E-state index is 0.00434. The number of hydrogen-bond acceptors (Lipinski definition) is 4. The molecule has 0 atom stereocenters. The molecule has 0 aliphatic carbocycles. The number of ether oxygens (including phenoxy) is 1.